The van der Waals surface area contributed by atoms with Crippen molar-refractivity contribution < 1.29 is 37.3 Å². The van der Waals surface area contributed by atoms with Crippen molar-refractivity contribution in [3.8, 4) is 22.8 Å². The number of hydrogen-bond acceptors (Lipinski definition) is 5. The number of halogens is 3. The summed E-state index contributed by atoms with van der Waals surface area (Å²) < 4.78 is 49.5. The lowest BCUT2D eigenvalue weighted by atomic mass is 9.94. The smallest absolute Gasteiger partial charge is 0.478 e. The lowest BCUT2D eigenvalue weighted by molar-refractivity contribution is -0.286. The fourth-order valence-corrected chi connectivity index (χ4v) is 3.77. The van der Waals surface area contributed by atoms with Gasteiger partial charge in [0.2, 0.25) is 5.91 Å². The Labute approximate surface area is 184 Å². The molecule has 1 saturated carbocycles. The van der Waals surface area contributed by atoms with Gasteiger partial charge in [0.1, 0.15) is 11.6 Å². The second-order valence-corrected chi connectivity index (χ2v) is 7.77. The van der Waals surface area contributed by atoms with E-state index in [1.807, 2.05) is 0 Å². The molecule has 10 heteroatoms. The number of carboxylic acids is 1. The first kappa shape index (κ1) is 20.8. The van der Waals surface area contributed by atoms with E-state index in [0.29, 0.717) is 29.7 Å². The number of pyridine rings is 1. The zero-order valence-electron chi connectivity index (χ0n) is 16.8. The number of nitrogens with one attached hydrogen (secondary N) is 1. The summed E-state index contributed by atoms with van der Waals surface area (Å²) in [6.07, 6.45) is -2.72. The normalized spacial score (nSPS) is 16.8. The molecule has 0 bridgehead atoms. The second kappa shape index (κ2) is 7.22. The number of aromatic nitrogens is 1. The Hall–Kier alpha value is -4.08. The van der Waals surface area contributed by atoms with Gasteiger partial charge >= 0.3 is 12.3 Å². The number of benzene rings is 2. The third kappa shape index (κ3) is 3.73. The van der Waals surface area contributed by atoms with Gasteiger partial charge < -0.3 is 19.9 Å². The van der Waals surface area contributed by atoms with Crippen molar-refractivity contribution in [2.45, 2.75) is 24.6 Å². The Morgan fingerprint density at radius 2 is 1.76 bits per heavy atom. The highest BCUT2D eigenvalue weighted by molar-refractivity contribution is 6.01. The monoisotopic (exact) mass is 456 g/mol. The fourth-order valence-electron chi connectivity index (χ4n) is 3.77. The second-order valence-electron chi connectivity index (χ2n) is 7.77. The topological polar surface area (TPSA) is 97.8 Å². The van der Waals surface area contributed by atoms with E-state index in [1.54, 1.807) is 24.3 Å². The molecule has 1 fully saturated rings. The quantitative estimate of drug-likeness (QED) is 0.584. The Balaban J connectivity index is 1.37. The van der Waals surface area contributed by atoms with Gasteiger partial charge in [0.25, 0.3) is 0 Å². The molecule has 2 N–H and O–H groups in total. The molecule has 5 rings (SSSR count). The number of amides is 1. The van der Waals surface area contributed by atoms with Gasteiger partial charge in [0.15, 0.2) is 11.5 Å². The number of carbonyl (C=O) groups excluding carboxylic acids is 1. The first-order valence-corrected chi connectivity index (χ1v) is 9.89. The first-order valence-electron chi connectivity index (χ1n) is 9.89. The minimum atomic E-state index is -3.74. The summed E-state index contributed by atoms with van der Waals surface area (Å²) in [5.41, 5.74) is -0.184. The molecular weight excluding hydrogens is 441 g/mol. The minimum Gasteiger partial charge on any atom is -0.478 e. The number of rotatable bonds is 5. The largest absolute Gasteiger partial charge is 0.586 e. The number of nitrogens with zero attached hydrogens (tertiary/aromatic N) is 1. The molecule has 1 amide bonds. The van der Waals surface area contributed by atoms with Crippen molar-refractivity contribution in [1.82, 2.24) is 4.98 Å². The number of hydrogen-bond donors (Lipinski definition) is 2. The molecule has 0 spiro atoms. The number of alkyl halides is 2. The highest BCUT2D eigenvalue weighted by Crippen LogP contribution is 2.52. The summed E-state index contributed by atoms with van der Waals surface area (Å²) in [4.78, 5) is 28.4. The van der Waals surface area contributed by atoms with Crippen LogP contribution in [0.25, 0.3) is 11.3 Å². The molecule has 168 valence electrons. The van der Waals surface area contributed by atoms with E-state index in [4.69, 9.17) is 5.11 Å². The molecule has 2 aliphatic rings. The van der Waals surface area contributed by atoms with Crippen LogP contribution in [0.2, 0.25) is 0 Å². The Morgan fingerprint density at radius 3 is 2.45 bits per heavy atom. The van der Waals surface area contributed by atoms with E-state index in [2.05, 4.69) is 19.8 Å². The molecule has 0 atom stereocenters. The van der Waals surface area contributed by atoms with Gasteiger partial charge in [-0.05, 0) is 54.8 Å². The van der Waals surface area contributed by atoms with E-state index >= 15 is 0 Å². The van der Waals surface area contributed by atoms with Crippen LogP contribution in [0.4, 0.5) is 19.0 Å². The molecule has 2 aromatic carbocycles. The molecule has 0 radical (unpaired) electrons. The van der Waals surface area contributed by atoms with Gasteiger partial charge in [-0.15, -0.1) is 8.78 Å². The number of carboxylic acid groups (broad SMARTS) is 1. The summed E-state index contributed by atoms with van der Waals surface area (Å²) in [7, 11) is 0. The average Bonchev–Trinajstić information content (AvgIpc) is 3.50. The van der Waals surface area contributed by atoms with Crippen LogP contribution < -0.4 is 14.8 Å². The van der Waals surface area contributed by atoms with Crippen LogP contribution in [0.5, 0.6) is 11.5 Å². The van der Waals surface area contributed by atoms with Crippen LogP contribution in [0.3, 0.4) is 0 Å². The van der Waals surface area contributed by atoms with Crippen LogP contribution in [-0.4, -0.2) is 28.3 Å². The number of carbonyl (C=O) groups is 2. The summed E-state index contributed by atoms with van der Waals surface area (Å²) in [6, 6.07) is 12.6. The Bertz CT molecular complexity index is 1310. The van der Waals surface area contributed by atoms with Crippen molar-refractivity contribution in [2.24, 2.45) is 0 Å². The van der Waals surface area contributed by atoms with E-state index in [9.17, 15) is 22.8 Å². The van der Waals surface area contributed by atoms with Gasteiger partial charge in [-0.2, -0.15) is 0 Å². The molecule has 0 unspecified atom stereocenters. The maximum atomic E-state index is 14.0. The van der Waals surface area contributed by atoms with Crippen molar-refractivity contribution in [2.75, 3.05) is 5.32 Å². The van der Waals surface area contributed by atoms with Crippen LogP contribution in [-0.2, 0) is 10.2 Å². The molecule has 1 aliphatic carbocycles. The number of fused-ring (bicyclic) bond motifs is 1. The molecule has 0 saturated heterocycles. The van der Waals surface area contributed by atoms with Gasteiger partial charge in [-0.25, -0.2) is 14.2 Å². The highest BCUT2D eigenvalue weighted by atomic mass is 19.3. The summed E-state index contributed by atoms with van der Waals surface area (Å²) >= 11 is 0. The van der Waals surface area contributed by atoms with Crippen molar-refractivity contribution in [3.63, 3.8) is 0 Å². The maximum absolute atomic E-state index is 14.0. The number of aromatic carboxylic acids is 1. The summed E-state index contributed by atoms with van der Waals surface area (Å²) in [6.45, 7) is 0. The summed E-state index contributed by atoms with van der Waals surface area (Å²) in [5, 5.41) is 11.7. The molecule has 1 aromatic heterocycles. The van der Waals surface area contributed by atoms with Crippen molar-refractivity contribution >= 4 is 17.7 Å². The predicted octanol–water partition coefficient (Wildman–Crippen LogP) is 4.58. The molecule has 7 nitrogen and oxygen atoms in total. The Kier molecular flexibility index (Phi) is 4.55. The standard InChI is InChI=1S/C23H15F3N2O5/c24-15-10-12(4-6-14(15)20(29)30)16-2-1-3-19(27-16)28-21(31)22(8-9-22)13-5-7-17-18(11-13)33-23(25,26)32-17/h1-7,10-11H,8-9H2,(H,29,30)(H,27,28,31). The van der Waals surface area contributed by atoms with Crippen LogP contribution >= 0.6 is 0 Å². The van der Waals surface area contributed by atoms with E-state index in [-0.39, 0.29) is 23.2 Å². The molecule has 3 aromatic rings. The maximum Gasteiger partial charge on any atom is 0.586 e. The van der Waals surface area contributed by atoms with E-state index < -0.39 is 29.1 Å². The molecule has 2 heterocycles. The number of anilines is 1. The lowest BCUT2D eigenvalue weighted by Crippen LogP contribution is -2.28. The SMILES string of the molecule is O=C(O)c1ccc(-c2cccc(NC(=O)C3(c4ccc5c(c4)OC(F)(F)O5)CC3)n2)cc1F. The third-order valence-electron chi connectivity index (χ3n) is 5.62. The van der Waals surface area contributed by atoms with E-state index in [0.717, 1.165) is 12.1 Å². The van der Waals surface area contributed by atoms with Crippen LogP contribution in [0.15, 0.2) is 54.6 Å². The van der Waals surface area contributed by atoms with Gasteiger partial charge in [-0.1, -0.05) is 18.2 Å². The van der Waals surface area contributed by atoms with Crippen LogP contribution in [0.1, 0.15) is 28.8 Å². The van der Waals surface area contributed by atoms with E-state index in [1.165, 1.54) is 18.2 Å². The predicted molar refractivity (Wildman–Crippen MR) is 109 cm³/mol. The van der Waals surface area contributed by atoms with Gasteiger partial charge in [-0.3, -0.25) is 4.79 Å². The zero-order valence-corrected chi connectivity index (χ0v) is 16.8. The minimum absolute atomic E-state index is 0.101. The molecule has 1 aliphatic heterocycles. The lowest BCUT2D eigenvalue weighted by Gasteiger charge is -2.16. The average molecular weight is 456 g/mol. The molecular formula is C23H15F3N2O5. The number of ether oxygens (including phenoxy) is 2. The third-order valence-corrected chi connectivity index (χ3v) is 5.62. The zero-order chi connectivity index (χ0) is 23.4. The summed E-state index contributed by atoms with van der Waals surface area (Å²) in [5.74, 6) is -2.68. The van der Waals surface area contributed by atoms with Gasteiger partial charge in [0, 0.05) is 5.56 Å². The first-order chi connectivity index (χ1) is 15.7. The highest BCUT2D eigenvalue weighted by Gasteiger charge is 2.53. The Morgan fingerprint density at radius 1 is 1.00 bits per heavy atom. The van der Waals surface area contributed by atoms with Crippen molar-refractivity contribution in [3.05, 3.63) is 71.5 Å². The fraction of sp³-hybridized carbons (Fsp3) is 0.174. The molecule has 33 heavy (non-hydrogen) atoms. The van der Waals surface area contributed by atoms with Crippen molar-refractivity contribution in [1.29, 1.82) is 0 Å². The van der Waals surface area contributed by atoms with Gasteiger partial charge in [0.05, 0.1) is 16.7 Å². The van der Waals surface area contributed by atoms with Crippen LogP contribution in [0, 0.1) is 5.82 Å².